The SMILES string of the molecule is N#Cc1ccc(-c2nc(-c3ccc4c(c3)OCC4)c(-c3ccccn3)[nH]2)cc1. The van der Waals surface area contributed by atoms with Gasteiger partial charge in [-0.05, 0) is 48.0 Å². The highest BCUT2D eigenvalue weighted by molar-refractivity contribution is 5.80. The van der Waals surface area contributed by atoms with Gasteiger partial charge >= 0.3 is 0 Å². The molecule has 0 unspecified atom stereocenters. The molecule has 0 fully saturated rings. The first-order valence-corrected chi connectivity index (χ1v) is 9.10. The van der Waals surface area contributed by atoms with Crippen molar-refractivity contribution < 1.29 is 4.74 Å². The van der Waals surface area contributed by atoms with Gasteiger partial charge in [-0.3, -0.25) is 4.98 Å². The molecule has 0 atom stereocenters. The molecule has 0 bridgehead atoms. The fraction of sp³-hybridized carbons (Fsp3) is 0.0870. The van der Waals surface area contributed by atoms with Gasteiger partial charge in [-0.2, -0.15) is 5.26 Å². The van der Waals surface area contributed by atoms with E-state index in [-0.39, 0.29) is 0 Å². The van der Waals surface area contributed by atoms with Gasteiger partial charge in [0, 0.05) is 23.7 Å². The molecule has 0 spiro atoms. The Morgan fingerprint density at radius 3 is 2.64 bits per heavy atom. The number of nitrogens with one attached hydrogen (secondary N) is 1. The van der Waals surface area contributed by atoms with Gasteiger partial charge in [0.25, 0.3) is 0 Å². The van der Waals surface area contributed by atoms with E-state index in [1.165, 1.54) is 5.56 Å². The molecule has 0 aliphatic carbocycles. The molecule has 5 nitrogen and oxygen atoms in total. The highest BCUT2D eigenvalue weighted by Gasteiger charge is 2.19. The smallest absolute Gasteiger partial charge is 0.138 e. The maximum Gasteiger partial charge on any atom is 0.138 e. The van der Waals surface area contributed by atoms with Gasteiger partial charge in [0.1, 0.15) is 11.6 Å². The molecule has 0 amide bonds. The molecule has 1 aliphatic rings. The molecule has 28 heavy (non-hydrogen) atoms. The number of pyridine rings is 1. The number of nitrogens with zero attached hydrogens (tertiary/aromatic N) is 3. The summed E-state index contributed by atoms with van der Waals surface area (Å²) in [6.07, 6.45) is 2.72. The summed E-state index contributed by atoms with van der Waals surface area (Å²) in [6.45, 7) is 0.725. The van der Waals surface area contributed by atoms with Crippen molar-refractivity contribution in [3.63, 3.8) is 0 Å². The number of imidazole rings is 1. The number of ether oxygens (including phenoxy) is 1. The fourth-order valence-electron chi connectivity index (χ4n) is 3.43. The number of rotatable bonds is 3. The predicted molar refractivity (Wildman–Crippen MR) is 107 cm³/mol. The number of aromatic amines is 1. The fourth-order valence-corrected chi connectivity index (χ4v) is 3.43. The average Bonchev–Trinajstić information content (AvgIpc) is 3.41. The maximum atomic E-state index is 9.03. The molecule has 2 aromatic heterocycles. The molecule has 3 heterocycles. The minimum absolute atomic E-state index is 0.622. The van der Waals surface area contributed by atoms with Crippen LogP contribution < -0.4 is 4.74 Å². The van der Waals surface area contributed by atoms with Gasteiger partial charge in [0.15, 0.2) is 0 Å². The van der Waals surface area contributed by atoms with Gasteiger partial charge in [-0.1, -0.05) is 18.2 Å². The van der Waals surface area contributed by atoms with E-state index >= 15 is 0 Å². The van der Waals surface area contributed by atoms with Gasteiger partial charge in [0.05, 0.1) is 35.3 Å². The Hall–Kier alpha value is -3.91. The number of benzene rings is 2. The van der Waals surface area contributed by atoms with E-state index in [9.17, 15) is 0 Å². The van der Waals surface area contributed by atoms with Crippen LogP contribution >= 0.6 is 0 Å². The largest absolute Gasteiger partial charge is 0.493 e. The zero-order chi connectivity index (χ0) is 18.9. The number of H-pyrrole nitrogens is 1. The number of fused-ring (bicyclic) bond motifs is 1. The second-order valence-corrected chi connectivity index (χ2v) is 6.63. The van der Waals surface area contributed by atoms with Crippen LogP contribution in [0.25, 0.3) is 34.0 Å². The quantitative estimate of drug-likeness (QED) is 0.576. The standard InChI is InChI=1S/C23H16N4O/c24-14-15-4-6-17(7-5-15)23-26-21(22(27-23)19-3-1-2-11-25-19)18-9-8-16-10-12-28-20(16)13-18/h1-9,11,13H,10,12H2,(H,26,27). The van der Waals surface area contributed by atoms with Crippen molar-refractivity contribution >= 4 is 0 Å². The van der Waals surface area contributed by atoms with Gasteiger partial charge in [-0.15, -0.1) is 0 Å². The van der Waals surface area contributed by atoms with Crippen molar-refractivity contribution in [2.45, 2.75) is 6.42 Å². The third kappa shape index (κ3) is 2.81. The number of hydrogen-bond acceptors (Lipinski definition) is 4. The van der Waals surface area contributed by atoms with Gasteiger partial charge < -0.3 is 9.72 Å². The van der Waals surface area contributed by atoms with Crippen LogP contribution in [-0.4, -0.2) is 21.6 Å². The van der Waals surface area contributed by atoms with E-state index in [4.69, 9.17) is 15.0 Å². The third-order valence-electron chi connectivity index (χ3n) is 4.88. The minimum Gasteiger partial charge on any atom is -0.493 e. The third-order valence-corrected chi connectivity index (χ3v) is 4.88. The van der Waals surface area contributed by atoms with Crippen LogP contribution in [0.1, 0.15) is 11.1 Å². The predicted octanol–water partition coefficient (Wildman–Crippen LogP) is 4.61. The summed E-state index contributed by atoms with van der Waals surface area (Å²) in [6, 6.07) is 21.6. The summed E-state index contributed by atoms with van der Waals surface area (Å²) in [5, 5.41) is 9.03. The minimum atomic E-state index is 0.622. The summed E-state index contributed by atoms with van der Waals surface area (Å²) < 4.78 is 5.74. The lowest BCUT2D eigenvalue weighted by Crippen LogP contribution is -1.88. The first-order valence-electron chi connectivity index (χ1n) is 9.10. The van der Waals surface area contributed by atoms with Crippen molar-refractivity contribution in [1.29, 1.82) is 5.26 Å². The molecule has 0 saturated carbocycles. The Labute approximate surface area is 162 Å². The summed E-state index contributed by atoms with van der Waals surface area (Å²) in [5.74, 6) is 1.66. The Morgan fingerprint density at radius 1 is 1.00 bits per heavy atom. The zero-order valence-corrected chi connectivity index (χ0v) is 15.0. The highest BCUT2D eigenvalue weighted by atomic mass is 16.5. The van der Waals surface area contributed by atoms with Crippen molar-refractivity contribution in [2.75, 3.05) is 6.61 Å². The second kappa shape index (κ2) is 6.67. The average molecular weight is 364 g/mol. The molecule has 0 saturated heterocycles. The van der Waals surface area contributed by atoms with Crippen LogP contribution in [0.5, 0.6) is 5.75 Å². The molecular formula is C23H16N4O. The van der Waals surface area contributed by atoms with E-state index < -0.39 is 0 Å². The van der Waals surface area contributed by atoms with Crippen LogP contribution in [0.4, 0.5) is 0 Å². The Bertz CT molecular complexity index is 1190. The summed E-state index contributed by atoms with van der Waals surface area (Å²) in [4.78, 5) is 12.8. The van der Waals surface area contributed by atoms with Crippen LogP contribution in [0.3, 0.4) is 0 Å². The molecule has 0 radical (unpaired) electrons. The monoisotopic (exact) mass is 364 g/mol. The van der Waals surface area contributed by atoms with Crippen molar-refractivity contribution in [1.82, 2.24) is 15.0 Å². The Morgan fingerprint density at radius 2 is 1.86 bits per heavy atom. The molecule has 134 valence electrons. The van der Waals surface area contributed by atoms with E-state index in [0.717, 1.165) is 52.8 Å². The topological polar surface area (TPSA) is 74.6 Å². The number of aromatic nitrogens is 3. The normalized spacial score (nSPS) is 12.2. The lowest BCUT2D eigenvalue weighted by atomic mass is 10.0. The van der Waals surface area contributed by atoms with E-state index in [2.05, 4.69) is 28.2 Å². The van der Waals surface area contributed by atoms with Crippen molar-refractivity contribution in [3.05, 3.63) is 78.0 Å². The summed E-state index contributed by atoms with van der Waals surface area (Å²) >= 11 is 0. The Kier molecular flexibility index (Phi) is 3.88. The van der Waals surface area contributed by atoms with E-state index in [1.54, 1.807) is 18.3 Å². The maximum absolute atomic E-state index is 9.03. The molecule has 2 aromatic carbocycles. The molecular weight excluding hydrogens is 348 g/mol. The molecule has 1 N–H and O–H groups in total. The van der Waals surface area contributed by atoms with Crippen LogP contribution in [0.2, 0.25) is 0 Å². The first-order chi connectivity index (χ1) is 13.8. The Balaban J connectivity index is 1.66. The summed E-state index contributed by atoms with van der Waals surface area (Å²) in [5.41, 5.74) is 6.26. The summed E-state index contributed by atoms with van der Waals surface area (Å²) in [7, 11) is 0. The van der Waals surface area contributed by atoms with E-state index in [1.807, 2.05) is 36.4 Å². The van der Waals surface area contributed by atoms with Gasteiger partial charge in [-0.25, -0.2) is 4.98 Å². The van der Waals surface area contributed by atoms with Crippen LogP contribution in [0, 0.1) is 11.3 Å². The van der Waals surface area contributed by atoms with Gasteiger partial charge in [0.2, 0.25) is 0 Å². The zero-order valence-electron chi connectivity index (χ0n) is 15.0. The molecule has 1 aliphatic heterocycles. The van der Waals surface area contributed by atoms with Crippen LogP contribution in [-0.2, 0) is 6.42 Å². The molecule has 5 heteroatoms. The molecule has 4 aromatic rings. The van der Waals surface area contributed by atoms with Crippen molar-refractivity contribution in [3.8, 4) is 45.9 Å². The number of nitriles is 1. The lowest BCUT2D eigenvalue weighted by molar-refractivity contribution is 0.357. The lowest BCUT2D eigenvalue weighted by Gasteiger charge is -2.05. The number of hydrogen-bond donors (Lipinski definition) is 1. The van der Waals surface area contributed by atoms with Crippen molar-refractivity contribution in [2.24, 2.45) is 0 Å². The van der Waals surface area contributed by atoms with Crippen LogP contribution in [0.15, 0.2) is 66.9 Å². The molecule has 5 rings (SSSR count). The highest BCUT2D eigenvalue weighted by Crippen LogP contribution is 2.36. The second-order valence-electron chi connectivity index (χ2n) is 6.63. The first kappa shape index (κ1) is 16.3. The van der Waals surface area contributed by atoms with E-state index in [0.29, 0.717) is 5.56 Å².